The summed E-state index contributed by atoms with van der Waals surface area (Å²) in [6, 6.07) is 5.96. The Morgan fingerprint density at radius 3 is 2.87 bits per heavy atom. The number of nitro benzene ring substituents is 1. The van der Waals surface area contributed by atoms with Gasteiger partial charge in [-0.25, -0.2) is 0 Å². The zero-order chi connectivity index (χ0) is 16.2. The molecule has 3 rings (SSSR count). The molecule has 1 aromatic heterocycles. The van der Waals surface area contributed by atoms with Gasteiger partial charge in [-0.15, -0.1) is 0 Å². The second-order valence-corrected chi connectivity index (χ2v) is 5.31. The monoisotopic (exact) mass is 316 g/mol. The Morgan fingerprint density at radius 2 is 2.22 bits per heavy atom. The topological polar surface area (TPSA) is 110 Å². The van der Waals surface area contributed by atoms with Gasteiger partial charge in [-0.3, -0.25) is 20.0 Å². The van der Waals surface area contributed by atoms with Crippen molar-refractivity contribution in [2.24, 2.45) is 0 Å². The molecule has 1 aliphatic heterocycles. The van der Waals surface area contributed by atoms with Crippen LogP contribution >= 0.6 is 0 Å². The molecule has 1 amide bonds. The van der Waals surface area contributed by atoms with E-state index < -0.39 is 4.92 Å². The summed E-state index contributed by atoms with van der Waals surface area (Å²) < 4.78 is 5.47. The SMILES string of the molecule is O=C(NC[C@@H]1CCCO1)c1cn[nH]c1-c1ccc([N+](=O)[O-])cc1. The van der Waals surface area contributed by atoms with Crippen molar-refractivity contribution in [1.29, 1.82) is 0 Å². The Hall–Kier alpha value is -2.74. The van der Waals surface area contributed by atoms with E-state index in [4.69, 9.17) is 4.74 Å². The normalized spacial score (nSPS) is 17.1. The van der Waals surface area contributed by atoms with Crippen LogP contribution in [0.5, 0.6) is 0 Å². The molecule has 1 saturated heterocycles. The van der Waals surface area contributed by atoms with E-state index in [2.05, 4.69) is 15.5 Å². The fraction of sp³-hybridized carbons (Fsp3) is 0.333. The van der Waals surface area contributed by atoms with Crippen LogP contribution < -0.4 is 5.32 Å². The summed E-state index contributed by atoms with van der Waals surface area (Å²) >= 11 is 0. The highest BCUT2D eigenvalue weighted by Gasteiger charge is 2.19. The minimum Gasteiger partial charge on any atom is -0.376 e. The molecule has 0 radical (unpaired) electrons. The summed E-state index contributed by atoms with van der Waals surface area (Å²) in [5, 5.41) is 20.2. The van der Waals surface area contributed by atoms with Gasteiger partial charge in [-0.1, -0.05) is 0 Å². The van der Waals surface area contributed by atoms with Gasteiger partial charge in [0, 0.05) is 30.8 Å². The predicted octanol–water partition coefficient (Wildman–Crippen LogP) is 1.89. The molecule has 1 fully saturated rings. The number of carbonyl (C=O) groups excluding carboxylic acids is 1. The van der Waals surface area contributed by atoms with Gasteiger partial charge in [0.2, 0.25) is 0 Å². The zero-order valence-electron chi connectivity index (χ0n) is 12.3. The maximum absolute atomic E-state index is 12.3. The lowest BCUT2D eigenvalue weighted by Crippen LogP contribution is -2.31. The summed E-state index contributed by atoms with van der Waals surface area (Å²) in [4.78, 5) is 22.5. The van der Waals surface area contributed by atoms with Gasteiger partial charge in [0.05, 0.1) is 28.5 Å². The molecule has 0 spiro atoms. The molecule has 1 aliphatic rings. The molecule has 2 N–H and O–H groups in total. The van der Waals surface area contributed by atoms with Crippen LogP contribution in [0.15, 0.2) is 30.5 Å². The number of H-pyrrole nitrogens is 1. The number of aromatic amines is 1. The van der Waals surface area contributed by atoms with Gasteiger partial charge in [0.25, 0.3) is 11.6 Å². The van der Waals surface area contributed by atoms with Gasteiger partial charge in [-0.2, -0.15) is 5.10 Å². The van der Waals surface area contributed by atoms with Gasteiger partial charge in [-0.05, 0) is 25.0 Å². The first kappa shape index (κ1) is 15.2. The predicted molar refractivity (Wildman–Crippen MR) is 82.0 cm³/mol. The first-order chi connectivity index (χ1) is 11.1. The minimum absolute atomic E-state index is 0.00218. The van der Waals surface area contributed by atoms with Crippen LogP contribution in [0.25, 0.3) is 11.3 Å². The van der Waals surface area contributed by atoms with Gasteiger partial charge >= 0.3 is 0 Å². The molecular weight excluding hydrogens is 300 g/mol. The smallest absolute Gasteiger partial charge is 0.269 e. The number of carbonyl (C=O) groups is 1. The van der Waals surface area contributed by atoms with Crippen LogP contribution in [-0.2, 0) is 4.74 Å². The van der Waals surface area contributed by atoms with E-state index in [0.29, 0.717) is 23.4 Å². The van der Waals surface area contributed by atoms with Crippen molar-refractivity contribution in [2.45, 2.75) is 18.9 Å². The fourth-order valence-corrected chi connectivity index (χ4v) is 2.54. The zero-order valence-corrected chi connectivity index (χ0v) is 12.3. The van der Waals surface area contributed by atoms with Crippen molar-refractivity contribution in [1.82, 2.24) is 15.5 Å². The molecular formula is C15H16N4O4. The lowest BCUT2D eigenvalue weighted by atomic mass is 10.1. The van der Waals surface area contributed by atoms with E-state index in [9.17, 15) is 14.9 Å². The average molecular weight is 316 g/mol. The number of rotatable bonds is 5. The summed E-state index contributed by atoms with van der Waals surface area (Å²) in [6.45, 7) is 1.20. The highest BCUT2D eigenvalue weighted by molar-refractivity contribution is 5.99. The molecule has 0 unspecified atom stereocenters. The molecule has 0 aliphatic carbocycles. The van der Waals surface area contributed by atoms with Crippen LogP contribution in [0.2, 0.25) is 0 Å². The summed E-state index contributed by atoms with van der Waals surface area (Å²) in [6.07, 6.45) is 3.47. The highest BCUT2D eigenvalue weighted by atomic mass is 16.6. The second-order valence-electron chi connectivity index (χ2n) is 5.31. The van der Waals surface area contributed by atoms with Crippen LogP contribution in [0.1, 0.15) is 23.2 Å². The molecule has 8 heteroatoms. The van der Waals surface area contributed by atoms with Crippen LogP contribution in [-0.4, -0.2) is 40.3 Å². The van der Waals surface area contributed by atoms with Crippen LogP contribution in [0.4, 0.5) is 5.69 Å². The Labute approximate surface area is 132 Å². The van der Waals surface area contributed by atoms with Gasteiger partial charge in [0.15, 0.2) is 0 Å². The third-order valence-corrected chi connectivity index (χ3v) is 3.77. The van der Waals surface area contributed by atoms with Crippen LogP contribution in [0, 0.1) is 10.1 Å². The van der Waals surface area contributed by atoms with Crippen molar-refractivity contribution < 1.29 is 14.5 Å². The summed E-state index contributed by atoms with van der Waals surface area (Å²) in [5.41, 5.74) is 1.59. The lowest BCUT2D eigenvalue weighted by molar-refractivity contribution is -0.384. The highest BCUT2D eigenvalue weighted by Crippen LogP contribution is 2.23. The number of non-ortho nitro benzene ring substituents is 1. The Bertz CT molecular complexity index is 705. The van der Waals surface area contributed by atoms with Crippen molar-refractivity contribution in [2.75, 3.05) is 13.2 Å². The van der Waals surface area contributed by atoms with Crippen molar-refractivity contribution in [3.8, 4) is 11.3 Å². The fourth-order valence-electron chi connectivity index (χ4n) is 2.54. The van der Waals surface area contributed by atoms with E-state index in [1.54, 1.807) is 12.1 Å². The van der Waals surface area contributed by atoms with E-state index >= 15 is 0 Å². The van der Waals surface area contributed by atoms with E-state index in [-0.39, 0.29) is 17.7 Å². The van der Waals surface area contributed by atoms with E-state index in [0.717, 1.165) is 19.4 Å². The first-order valence-electron chi connectivity index (χ1n) is 7.33. The first-order valence-corrected chi connectivity index (χ1v) is 7.33. The Morgan fingerprint density at radius 1 is 1.43 bits per heavy atom. The van der Waals surface area contributed by atoms with Crippen molar-refractivity contribution in [3.63, 3.8) is 0 Å². The van der Waals surface area contributed by atoms with Crippen LogP contribution in [0.3, 0.4) is 0 Å². The maximum Gasteiger partial charge on any atom is 0.269 e. The van der Waals surface area contributed by atoms with Crippen molar-refractivity contribution in [3.05, 3.63) is 46.1 Å². The molecule has 0 saturated carbocycles. The summed E-state index contributed by atoms with van der Waals surface area (Å²) in [5.74, 6) is -0.248. The number of benzene rings is 1. The number of nitro groups is 1. The average Bonchev–Trinajstić information content (AvgIpc) is 3.24. The number of aromatic nitrogens is 2. The Balaban J connectivity index is 1.73. The molecule has 120 valence electrons. The molecule has 2 aromatic rings. The number of ether oxygens (including phenoxy) is 1. The third-order valence-electron chi connectivity index (χ3n) is 3.77. The number of hydrogen-bond acceptors (Lipinski definition) is 5. The standard InChI is InChI=1S/C15H16N4O4/c20-15(16-8-12-2-1-7-23-12)13-9-17-18-14(13)10-3-5-11(6-4-10)19(21)22/h3-6,9,12H,1-2,7-8H2,(H,16,20)(H,17,18)/t12-/m0/s1. The molecule has 23 heavy (non-hydrogen) atoms. The number of amides is 1. The third kappa shape index (κ3) is 3.37. The Kier molecular flexibility index (Phi) is 4.33. The molecule has 8 nitrogen and oxygen atoms in total. The second kappa shape index (κ2) is 6.57. The largest absolute Gasteiger partial charge is 0.376 e. The van der Waals surface area contributed by atoms with Crippen molar-refractivity contribution >= 4 is 11.6 Å². The number of nitrogens with zero attached hydrogens (tertiary/aromatic N) is 2. The molecule has 2 heterocycles. The van der Waals surface area contributed by atoms with Gasteiger partial charge in [0.1, 0.15) is 0 Å². The lowest BCUT2D eigenvalue weighted by Gasteiger charge is -2.10. The molecule has 1 atom stereocenters. The molecule has 0 bridgehead atoms. The quantitative estimate of drug-likeness (QED) is 0.646. The van der Waals surface area contributed by atoms with Gasteiger partial charge < -0.3 is 10.1 Å². The van der Waals surface area contributed by atoms with E-state index in [1.807, 2.05) is 0 Å². The maximum atomic E-state index is 12.3. The summed E-state index contributed by atoms with van der Waals surface area (Å²) in [7, 11) is 0. The number of nitrogens with one attached hydrogen (secondary N) is 2. The molecule has 1 aromatic carbocycles. The van der Waals surface area contributed by atoms with E-state index in [1.165, 1.54) is 18.3 Å². The minimum atomic E-state index is -0.466. The number of hydrogen-bond donors (Lipinski definition) is 2.